The highest BCUT2D eigenvalue weighted by Gasteiger charge is 2.65. The molecule has 0 heterocycles. The predicted octanol–water partition coefficient (Wildman–Crippen LogP) is 6.65. The van der Waals surface area contributed by atoms with E-state index >= 15 is 0 Å². The average Bonchev–Trinajstić information content (AvgIpc) is 3.32. The van der Waals surface area contributed by atoms with Gasteiger partial charge in [0.1, 0.15) is 18.3 Å². The number of aliphatic hydroxyl groups is 2. The minimum atomic E-state index is -1.01. The topological polar surface area (TPSA) is 112 Å². The van der Waals surface area contributed by atoms with Crippen LogP contribution in [0.3, 0.4) is 0 Å². The summed E-state index contributed by atoms with van der Waals surface area (Å²) in [6, 6.07) is 0. The summed E-state index contributed by atoms with van der Waals surface area (Å²) in [7, 11) is 1.42. The van der Waals surface area contributed by atoms with Gasteiger partial charge in [0, 0.05) is 18.8 Å². The number of esters is 2. The second-order valence-electron chi connectivity index (χ2n) is 15.5. The normalized spacial score (nSPS) is 36.0. The van der Waals surface area contributed by atoms with Crippen LogP contribution in [0.5, 0.6) is 0 Å². The first kappa shape index (κ1) is 35.8. The Hall–Kier alpha value is -2.00. The van der Waals surface area contributed by atoms with Gasteiger partial charge in [-0.15, -0.1) is 0 Å². The lowest BCUT2D eigenvalue weighted by Gasteiger charge is -2.62. The third-order valence-corrected chi connectivity index (χ3v) is 12.2. The molecule has 7 unspecified atom stereocenters. The molecule has 0 aromatic heterocycles. The van der Waals surface area contributed by atoms with Crippen LogP contribution in [-0.4, -0.2) is 60.3 Å². The summed E-state index contributed by atoms with van der Waals surface area (Å²) in [5.41, 5.74) is 2.80. The fraction of sp³-hybridized carbons (Fsp3) is 0.784. The van der Waals surface area contributed by atoms with Crippen LogP contribution in [0.15, 0.2) is 34.9 Å². The fourth-order valence-corrected chi connectivity index (χ4v) is 9.72. The number of fused-ring (bicyclic) bond motifs is 4. The highest BCUT2D eigenvalue weighted by molar-refractivity contribution is 5.69. The number of rotatable bonds is 12. The van der Waals surface area contributed by atoms with Gasteiger partial charge in [-0.05, 0) is 96.2 Å². The quantitative estimate of drug-likeness (QED) is 0.0811. The van der Waals surface area contributed by atoms with Crippen LogP contribution in [0.25, 0.3) is 0 Å². The summed E-state index contributed by atoms with van der Waals surface area (Å²) in [5, 5.41) is 24.0. The third kappa shape index (κ3) is 6.46. The molecule has 9 atom stereocenters. The van der Waals surface area contributed by atoms with Crippen molar-refractivity contribution in [1.82, 2.24) is 0 Å². The smallest absolute Gasteiger partial charge is 0.306 e. The van der Waals surface area contributed by atoms with Crippen LogP contribution in [0.1, 0.15) is 107 Å². The second-order valence-corrected chi connectivity index (χ2v) is 15.5. The molecule has 0 aromatic rings. The van der Waals surface area contributed by atoms with Crippen molar-refractivity contribution in [3.63, 3.8) is 0 Å². The van der Waals surface area contributed by atoms with E-state index in [2.05, 4.69) is 52.2 Å². The van der Waals surface area contributed by atoms with Gasteiger partial charge in [0.15, 0.2) is 0 Å². The predicted molar refractivity (Wildman–Crippen MR) is 173 cm³/mol. The van der Waals surface area contributed by atoms with Crippen LogP contribution < -0.4 is 0 Å². The highest BCUT2D eigenvalue weighted by atomic mass is 17.2. The lowest BCUT2D eigenvalue weighted by Crippen LogP contribution is -2.63. The Labute approximate surface area is 270 Å². The Morgan fingerprint density at radius 2 is 1.78 bits per heavy atom. The molecular formula is C37H58O8. The molecular weight excluding hydrogens is 572 g/mol. The number of hydrogen-bond donors (Lipinski definition) is 2. The summed E-state index contributed by atoms with van der Waals surface area (Å²) in [6.07, 6.45) is 4.39. The van der Waals surface area contributed by atoms with Gasteiger partial charge in [-0.2, -0.15) is 0 Å². The zero-order valence-electron chi connectivity index (χ0n) is 29.1. The number of aliphatic hydroxyl groups excluding tert-OH is 2. The van der Waals surface area contributed by atoms with Crippen molar-refractivity contribution in [2.45, 2.75) is 131 Å². The molecule has 0 bridgehead atoms. The fourth-order valence-electron chi connectivity index (χ4n) is 9.72. The van der Waals surface area contributed by atoms with Crippen molar-refractivity contribution in [1.29, 1.82) is 0 Å². The Kier molecular flexibility index (Phi) is 10.8. The van der Waals surface area contributed by atoms with E-state index in [1.165, 1.54) is 30.8 Å². The maximum Gasteiger partial charge on any atom is 0.306 e. The van der Waals surface area contributed by atoms with Crippen LogP contribution in [0, 0.1) is 39.9 Å². The summed E-state index contributed by atoms with van der Waals surface area (Å²) in [6.45, 7) is 21.0. The molecule has 254 valence electrons. The monoisotopic (exact) mass is 630 g/mol. The van der Waals surface area contributed by atoms with E-state index in [4.69, 9.17) is 14.4 Å². The first-order valence-electron chi connectivity index (χ1n) is 17.0. The molecule has 0 amide bonds. The maximum atomic E-state index is 12.9. The summed E-state index contributed by atoms with van der Waals surface area (Å²) >= 11 is 0. The number of hydrogen-bond acceptors (Lipinski definition) is 8. The van der Waals surface area contributed by atoms with Crippen molar-refractivity contribution in [2.24, 2.45) is 39.9 Å². The largest absolute Gasteiger partial charge is 0.460 e. The molecule has 2 N–H and O–H groups in total. The van der Waals surface area contributed by atoms with Crippen LogP contribution >= 0.6 is 0 Å². The van der Waals surface area contributed by atoms with Gasteiger partial charge in [-0.3, -0.25) is 9.59 Å². The van der Waals surface area contributed by atoms with E-state index in [1.807, 2.05) is 13.8 Å². The van der Waals surface area contributed by atoms with E-state index < -0.39 is 52.6 Å². The highest BCUT2D eigenvalue weighted by Crippen LogP contribution is 2.67. The van der Waals surface area contributed by atoms with Crippen LogP contribution in [0.2, 0.25) is 0 Å². The minimum Gasteiger partial charge on any atom is -0.460 e. The average molecular weight is 631 g/mol. The van der Waals surface area contributed by atoms with Gasteiger partial charge in [0.05, 0.1) is 19.8 Å². The van der Waals surface area contributed by atoms with Gasteiger partial charge in [-0.1, -0.05) is 66.7 Å². The molecule has 45 heavy (non-hydrogen) atoms. The van der Waals surface area contributed by atoms with Gasteiger partial charge < -0.3 is 19.7 Å². The number of carbonyl (C=O) groups excluding carboxylic acids is 2. The molecule has 4 aliphatic carbocycles. The van der Waals surface area contributed by atoms with Crippen LogP contribution in [0.4, 0.5) is 0 Å². The first-order valence-corrected chi connectivity index (χ1v) is 17.0. The molecule has 4 aliphatic rings. The lowest BCUT2D eigenvalue weighted by molar-refractivity contribution is -0.272. The SMILES string of the molecule is C=C(CC[C@@H](C)[C@H]1CC=C2C3=C(C(O)C(OC(C)=O)C21C)C1(C)CC(OC(=O)CCCOOC)C(O)C(C)(C)C1CC3)C(C)C. The second kappa shape index (κ2) is 13.6. The molecule has 0 aromatic carbocycles. The molecule has 8 heteroatoms. The zero-order chi connectivity index (χ0) is 33.5. The number of allylic oxidation sites excluding steroid dienone is 3. The van der Waals surface area contributed by atoms with E-state index in [9.17, 15) is 19.8 Å². The van der Waals surface area contributed by atoms with Crippen molar-refractivity contribution < 1.29 is 39.1 Å². The Morgan fingerprint density at radius 3 is 2.40 bits per heavy atom. The Morgan fingerprint density at radius 1 is 1.09 bits per heavy atom. The molecule has 1 saturated carbocycles. The minimum absolute atomic E-state index is 0.0274. The summed E-state index contributed by atoms with van der Waals surface area (Å²) < 4.78 is 12.1. The molecule has 0 spiro atoms. The van der Waals surface area contributed by atoms with E-state index in [0.29, 0.717) is 24.7 Å². The summed E-state index contributed by atoms with van der Waals surface area (Å²) in [4.78, 5) is 35.0. The van der Waals surface area contributed by atoms with E-state index in [1.54, 1.807) is 0 Å². The molecule has 4 rings (SSSR count). The Balaban J connectivity index is 1.71. The van der Waals surface area contributed by atoms with Crippen LogP contribution in [-0.2, 0) is 28.8 Å². The molecule has 0 saturated heterocycles. The standard InChI is InChI=1S/C37H58O8/c1-21(2)22(3)13-14-23(4)26-16-17-27-25-15-18-29-35(6,7)33(41)28(45-30(39)12-11-19-43-42-10)20-36(29,8)31(25)32(40)34(37(26,27)9)44-24(5)38/h17,21,23,26,28-29,32-34,40-41H,3,11-16,18-20H2,1-2,4-10H3/t23-,26-,28?,29?,32?,33?,34?,36?,37?/m1/s1. The maximum absolute atomic E-state index is 12.9. The van der Waals surface area contributed by atoms with Crippen molar-refractivity contribution in [3.8, 4) is 0 Å². The van der Waals surface area contributed by atoms with Crippen molar-refractivity contribution >= 4 is 11.9 Å². The third-order valence-electron chi connectivity index (χ3n) is 12.2. The molecule has 1 fully saturated rings. The van der Waals surface area contributed by atoms with Gasteiger partial charge in [-0.25, -0.2) is 9.78 Å². The zero-order valence-corrected chi connectivity index (χ0v) is 29.1. The molecule has 0 aliphatic heterocycles. The van der Waals surface area contributed by atoms with Crippen molar-refractivity contribution in [2.75, 3.05) is 13.7 Å². The lowest BCUT2D eigenvalue weighted by atomic mass is 9.45. The van der Waals surface area contributed by atoms with E-state index in [0.717, 1.165) is 37.7 Å². The first-order chi connectivity index (χ1) is 21.0. The van der Waals surface area contributed by atoms with Crippen molar-refractivity contribution in [3.05, 3.63) is 34.9 Å². The Bertz CT molecular complexity index is 1200. The van der Waals surface area contributed by atoms with Gasteiger partial charge >= 0.3 is 11.9 Å². The number of carbonyl (C=O) groups is 2. The number of ether oxygens (including phenoxy) is 2. The molecule has 8 nitrogen and oxygen atoms in total. The molecule has 0 radical (unpaired) electrons. The van der Waals surface area contributed by atoms with Gasteiger partial charge in [0.2, 0.25) is 0 Å². The van der Waals surface area contributed by atoms with Gasteiger partial charge in [0.25, 0.3) is 0 Å². The summed E-state index contributed by atoms with van der Waals surface area (Å²) in [5.74, 6) is 0.194. The van der Waals surface area contributed by atoms with E-state index in [-0.39, 0.29) is 24.9 Å².